The van der Waals surface area contributed by atoms with Gasteiger partial charge in [-0.2, -0.15) is 19.6 Å². The SMILES string of the molecule is C=CF.O=C=O.OCC12CCCN1CCC2.[C-]#[N+]C[C@H]1CN(c2nc(OCC34CCCN3CCC4)nc3c2CCN(c2cccc4cccc(Cl)c24)C3)CCN1C(=O)C(=C)F.[C-]#[N+]C[C@H]1CN(c2nc(S(C)=O)nc3c2CCN(c2cccc4cccc(Cl)c24)C3)CCN1C(=O)OC(C)(C)C. The number of ether oxygens (including phenoxy) is 2. The minimum Gasteiger partial charge on any atom is -0.461 e. The van der Waals surface area contributed by atoms with E-state index in [1.807, 2.05) is 51.1 Å². The first-order valence-electron chi connectivity index (χ1n) is 34.4. The van der Waals surface area contributed by atoms with E-state index < -0.39 is 40.3 Å². The molecule has 14 rings (SSSR count). The van der Waals surface area contributed by atoms with Crippen LogP contribution < -0.4 is 24.3 Å². The number of carbonyl (C=O) groups is 2. The molecule has 3 atom stereocenters. The van der Waals surface area contributed by atoms with Gasteiger partial charge in [0.15, 0.2) is 5.83 Å². The Labute approximate surface area is 601 Å². The van der Waals surface area contributed by atoms with Crippen molar-refractivity contribution in [2.24, 2.45) is 0 Å². The third-order valence-electron chi connectivity index (χ3n) is 20.3. The van der Waals surface area contributed by atoms with Crippen molar-refractivity contribution in [3.8, 4) is 6.01 Å². The maximum atomic E-state index is 13.9. The largest absolute Gasteiger partial charge is 0.461 e. The summed E-state index contributed by atoms with van der Waals surface area (Å²) in [6.07, 6.45) is 12.7. The summed E-state index contributed by atoms with van der Waals surface area (Å²) in [7, 11) is -1.38. The summed E-state index contributed by atoms with van der Waals surface area (Å²) in [4.78, 5) is 85.3. The van der Waals surface area contributed by atoms with Gasteiger partial charge in [-0.1, -0.05) is 84.9 Å². The van der Waals surface area contributed by atoms with Crippen LogP contribution >= 0.6 is 23.2 Å². The second-order valence-electron chi connectivity index (χ2n) is 27.5. The molecule has 8 aliphatic heterocycles. The predicted octanol–water partition coefficient (Wildman–Crippen LogP) is 11.3. The molecule has 101 heavy (non-hydrogen) atoms. The summed E-state index contributed by atoms with van der Waals surface area (Å²) in [5.74, 6) is -0.239. The van der Waals surface area contributed by atoms with Gasteiger partial charge in [-0.05, 0) is 146 Å². The highest BCUT2D eigenvalue weighted by atomic mass is 35.5. The van der Waals surface area contributed by atoms with Gasteiger partial charge in [0.2, 0.25) is 18.2 Å². The molecular weight excluding hydrogens is 1350 g/mol. The fraction of sp³-hybridized carbons (Fsp3) is 0.500. The van der Waals surface area contributed by atoms with Gasteiger partial charge in [-0.25, -0.2) is 36.7 Å². The van der Waals surface area contributed by atoms with Crippen LogP contribution in [0.4, 0.5) is 36.6 Å². The van der Waals surface area contributed by atoms with Crippen LogP contribution in [0.15, 0.2) is 103 Å². The number of hydrogen-bond acceptors (Lipinski definition) is 18. The monoisotopic (exact) mass is 1440 g/mol. The van der Waals surface area contributed by atoms with Crippen molar-refractivity contribution < 1.29 is 46.7 Å². The highest BCUT2D eigenvalue weighted by Crippen LogP contribution is 2.43. The summed E-state index contributed by atoms with van der Waals surface area (Å²) < 4.78 is 48.6. The maximum Gasteiger partial charge on any atom is 0.410 e. The first kappa shape index (κ1) is 75.3. The number of halogens is 4. The van der Waals surface area contributed by atoms with E-state index in [2.05, 4.69) is 94.7 Å². The smallest absolute Gasteiger partial charge is 0.410 e. The van der Waals surface area contributed by atoms with E-state index in [1.54, 1.807) is 11.2 Å². The van der Waals surface area contributed by atoms with Gasteiger partial charge in [-0.15, -0.1) is 0 Å². The quantitative estimate of drug-likeness (QED) is 0.0686. The lowest BCUT2D eigenvalue weighted by molar-refractivity contribution is -0.191. The molecule has 8 aliphatic rings. The summed E-state index contributed by atoms with van der Waals surface area (Å²) in [6.45, 7) is 37.2. The Bertz CT molecular complexity index is 4140. The van der Waals surface area contributed by atoms with Crippen molar-refractivity contribution in [1.82, 2.24) is 39.5 Å². The van der Waals surface area contributed by atoms with E-state index in [4.69, 9.17) is 75.3 Å². The highest BCUT2D eigenvalue weighted by molar-refractivity contribution is 7.84. The number of hydrogen-bond donors (Lipinski definition) is 1. The van der Waals surface area contributed by atoms with Gasteiger partial charge in [0.05, 0.1) is 63.8 Å². The normalized spacial score (nSPS) is 19.9. The lowest BCUT2D eigenvalue weighted by atomic mass is 9.95. The number of fused-ring (bicyclic) bond motifs is 6. The van der Waals surface area contributed by atoms with Crippen molar-refractivity contribution in [2.75, 3.05) is 131 Å². The standard InChI is InChI=1S/C34H37ClFN7O2.C29H33ClN6O3S.C8H15NO.C2H3F.CO2/c1-23(36)32(44)43-18-17-41(20-25(43)19-37-2)31-26-11-16-40(29-10-4-8-24-7-3-9-27(35)30(24)29)21-28(26)38-33(39-31)45-22-34-12-5-14-42(34)15-6-13-34;1-29(2,3)39-28(37)36-15-14-35(17-20(36)16-31-4)26-21-12-13-34(18-23(21)32-27(33-26)40(5)38)24-11-7-9-19-8-6-10-22(30)25(19)24;10-7-8-3-1-5-9(8)6-2-4-8;1-2-3;2-1-3/h3-4,7-10,25H,1,5-6,11-22H2;6-11,20H,12-18H2,1-3,5H3;10H,1-7H2;2H,1H2;/t25-;20-,40?;;;/m00.../s1. The molecule has 0 radical (unpaired) electrons. The molecule has 6 fully saturated rings. The minimum atomic E-state index is -1.38. The average Bonchev–Trinajstić information content (AvgIpc) is 1.66. The Hall–Kier alpha value is -8.39. The van der Waals surface area contributed by atoms with Crippen LogP contribution in [-0.4, -0.2) is 207 Å². The van der Waals surface area contributed by atoms with Gasteiger partial charge in [0, 0.05) is 97.4 Å². The van der Waals surface area contributed by atoms with Gasteiger partial charge >= 0.3 is 18.3 Å². The van der Waals surface area contributed by atoms with Crippen molar-refractivity contribution in [3.05, 3.63) is 154 Å². The molecule has 0 bridgehead atoms. The van der Waals surface area contributed by atoms with Gasteiger partial charge < -0.3 is 48.8 Å². The fourth-order valence-corrected chi connectivity index (χ4v) is 16.7. The molecule has 22 nitrogen and oxygen atoms in total. The Morgan fingerprint density at radius 1 is 0.693 bits per heavy atom. The summed E-state index contributed by atoms with van der Waals surface area (Å²) in [5.41, 5.74) is 5.56. The van der Waals surface area contributed by atoms with E-state index in [9.17, 15) is 27.7 Å². The predicted molar refractivity (Wildman–Crippen MR) is 388 cm³/mol. The van der Waals surface area contributed by atoms with Crippen LogP contribution in [-0.2, 0) is 55.9 Å². The Kier molecular flexibility index (Phi) is 25.0. The van der Waals surface area contributed by atoms with Crippen molar-refractivity contribution in [2.45, 2.75) is 132 Å². The average molecular weight is 1440 g/mol. The zero-order chi connectivity index (χ0) is 72.2. The number of benzene rings is 4. The number of amides is 2. The van der Waals surface area contributed by atoms with E-state index >= 15 is 0 Å². The molecule has 4 aromatic carbocycles. The third kappa shape index (κ3) is 17.1. The van der Waals surface area contributed by atoms with E-state index in [0.29, 0.717) is 87.9 Å². The number of piperazine rings is 2. The molecule has 27 heteroatoms. The molecular formula is C74H88Cl2F2N14O8S. The first-order valence-corrected chi connectivity index (χ1v) is 36.7. The molecule has 6 saturated heterocycles. The Morgan fingerprint density at radius 3 is 1.59 bits per heavy atom. The fourth-order valence-electron chi connectivity index (χ4n) is 15.7. The lowest BCUT2D eigenvalue weighted by Gasteiger charge is -2.41. The Morgan fingerprint density at radius 2 is 1.14 bits per heavy atom. The maximum absolute atomic E-state index is 13.9. The van der Waals surface area contributed by atoms with Gasteiger partial charge in [0.1, 0.15) is 35.9 Å². The number of rotatable bonds is 12. The second kappa shape index (κ2) is 33.6. The molecule has 1 unspecified atom stereocenters. The number of aliphatic hydroxyl groups is 1. The zero-order valence-corrected chi connectivity index (χ0v) is 60.2. The molecule has 2 amide bonds. The highest BCUT2D eigenvalue weighted by Gasteiger charge is 2.46. The third-order valence-corrected chi connectivity index (χ3v) is 21.7. The molecule has 10 heterocycles. The zero-order valence-electron chi connectivity index (χ0n) is 57.9. The first-order chi connectivity index (χ1) is 48.6. The van der Waals surface area contributed by atoms with Gasteiger partial charge in [-0.3, -0.25) is 23.7 Å². The minimum absolute atomic E-state index is 0.0483. The second-order valence-corrected chi connectivity index (χ2v) is 29.6. The molecule has 1 N–H and O–H groups in total. The summed E-state index contributed by atoms with van der Waals surface area (Å²) in [6, 6.07) is 23.8. The van der Waals surface area contributed by atoms with Gasteiger partial charge in [0.25, 0.3) is 5.91 Å². The van der Waals surface area contributed by atoms with Crippen molar-refractivity contribution in [1.29, 1.82) is 0 Å². The lowest BCUT2D eigenvalue weighted by Crippen LogP contribution is -2.57. The summed E-state index contributed by atoms with van der Waals surface area (Å²) in [5, 5.41) is 15.1. The van der Waals surface area contributed by atoms with E-state index in [1.165, 1.54) is 56.5 Å². The van der Waals surface area contributed by atoms with Crippen LogP contribution in [0.3, 0.4) is 0 Å². The molecule has 536 valence electrons. The van der Waals surface area contributed by atoms with Crippen LogP contribution in [0.25, 0.3) is 31.2 Å². The van der Waals surface area contributed by atoms with Crippen LogP contribution in [0.2, 0.25) is 10.0 Å². The molecule has 0 saturated carbocycles. The molecule has 0 spiro atoms. The van der Waals surface area contributed by atoms with Crippen LogP contribution in [0.5, 0.6) is 6.01 Å². The van der Waals surface area contributed by atoms with E-state index in [0.717, 1.165) is 106 Å². The Balaban J connectivity index is 0.000000179. The van der Waals surface area contributed by atoms with Crippen LogP contribution in [0.1, 0.15) is 94.7 Å². The molecule has 2 aromatic heterocycles. The molecule has 0 aliphatic carbocycles. The number of anilines is 4. The number of carbonyl (C=O) groups excluding carboxylic acids is 4. The number of nitrogens with zero attached hydrogens (tertiary/aromatic N) is 14. The topological polar surface area (TPSA) is 210 Å². The van der Waals surface area contributed by atoms with Crippen molar-refractivity contribution >= 4 is 96.7 Å². The number of aliphatic hydroxyl groups excluding tert-OH is 1. The van der Waals surface area contributed by atoms with Crippen LogP contribution in [0, 0.1) is 13.1 Å². The van der Waals surface area contributed by atoms with E-state index in [-0.39, 0.29) is 54.4 Å². The molecule has 6 aromatic rings. The number of aromatic nitrogens is 4. The summed E-state index contributed by atoms with van der Waals surface area (Å²) >= 11 is 13.3. The van der Waals surface area contributed by atoms with Crippen molar-refractivity contribution in [3.63, 3.8) is 0 Å².